The molecule has 0 aliphatic carbocycles. The lowest BCUT2D eigenvalue weighted by molar-refractivity contribution is 0.402. The predicted octanol–water partition coefficient (Wildman–Crippen LogP) is 2.81. The zero-order valence-electron chi connectivity index (χ0n) is 6.57. The van der Waals surface area contributed by atoms with E-state index in [1.54, 1.807) is 30.3 Å². The Morgan fingerprint density at radius 3 is 2.46 bits per heavy atom. The van der Waals surface area contributed by atoms with Gasteiger partial charge in [0.2, 0.25) is 4.67 Å². The molecule has 0 radical (unpaired) electrons. The average molecular weight is 240 g/mol. The van der Waals surface area contributed by atoms with Crippen molar-refractivity contribution in [3.8, 4) is 17.0 Å². The largest absolute Gasteiger partial charge is 0.508 e. The molecule has 0 bridgehead atoms. The predicted molar refractivity (Wildman–Crippen MR) is 51.3 cm³/mol. The monoisotopic (exact) mass is 239 g/mol. The van der Waals surface area contributed by atoms with Gasteiger partial charge in [-0.2, -0.15) is 0 Å². The first-order valence-electron chi connectivity index (χ1n) is 3.67. The second-order valence-corrected chi connectivity index (χ2v) is 3.34. The fourth-order valence-corrected chi connectivity index (χ4v) is 1.31. The summed E-state index contributed by atoms with van der Waals surface area (Å²) < 4.78 is 5.45. The van der Waals surface area contributed by atoms with E-state index >= 15 is 0 Å². The van der Waals surface area contributed by atoms with E-state index in [9.17, 15) is 0 Å². The number of hydrogen-bond acceptors (Lipinski definition) is 3. The summed E-state index contributed by atoms with van der Waals surface area (Å²) in [5.74, 6) is 0.242. The van der Waals surface area contributed by atoms with Gasteiger partial charge in [0.25, 0.3) is 0 Å². The minimum atomic E-state index is 0.242. The highest BCUT2D eigenvalue weighted by Crippen LogP contribution is 2.23. The summed E-state index contributed by atoms with van der Waals surface area (Å²) in [6.45, 7) is 0. The maximum atomic E-state index is 9.06. The molecule has 2 rings (SSSR count). The lowest BCUT2D eigenvalue weighted by Gasteiger charge is -1.94. The van der Waals surface area contributed by atoms with Crippen molar-refractivity contribution in [2.75, 3.05) is 0 Å². The van der Waals surface area contributed by atoms with Crippen LogP contribution in [0.1, 0.15) is 0 Å². The molecular weight excluding hydrogens is 234 g/mol. The van der Waals surface area contributed by atoms with Crippen molar-refractivity contribution in [3.05, 3.63) is 35.0 Å². The van der Waals surface area contributed by atoms with Crippen LogP contribution in [0.15, 0.2) is 39.5 Å². The maximum absolute atomic E-state index is 9.06. The number of phenols is 1. The van der Waals surface area contributed by atoms with Crippen molar-refractivity contribution in [1.82, 2.24) is 5.16 Å². The first kappa shape index (κ1) is 8.31. The Morgan fingerprint density at radius 2 is 1.92 bits per heavy atom. The number of aromatic nitrogens is 1. The second-order valence-electron chi connectivity index (χ2n) is 2.56. The van der Waals surface area contributed by atoms with Crippen LogP contribution in [0.3, 0.4) is 0 Å². The van der Waals surface area contributed by atoms with Crippen LogP contribution in [-0.4, -0.2) is 10.3 Å². The Morgan fingerprint density at radius 1 is 1.23 bits per heavy atom. The Labute approximate surface area is 83.1 Å². The van der Waals surface area contributed by atoms with E-state index in [0.717, 1.165) is 11.3 Å². The molecule has 1 N–H and O–H groups in total. The van der Waals surface area contributed by atoms with Crippen molar-refractivity contribution in [2.24, 2.45) is 0 Å². The minimum absolute atomic E-state index is 0.242. The third-order valence-electron chi connectivity index (χ3n) is 1.64. The molecule has 2 aromatic rings. The standard InChI is InChI=1S/C9H6BrNO2/c10-9-5-8(11-13-9)6-1-3-7(12)4-2-6/h1-5,12H. The van der Waals surface area contributed by atoms with E-state index in [1.165, 1.54) is 0 Å². The molecule has 0 saturated heterocycles. The third-order valence-corrected chi connectivity index (χ3v) is 2.02. The fourth-order valence-electron chi connectivity index (χ4n) is 1.02. The number of phenolic OH excluding ortho intramolecular Hbond substituents is 1. The first-order valence-corrected chi connectivity index (χ1v) is 4.46. The number of rotatable bonds is 1. The molecule has 3 nitrogen and oxygen atoms in total. The summed E-state index contributed by atoms with van der Waals surface area (Å²) in [5.41, 5.74) is 1.65. The van der Waals surface area contributed by atoms with Crippen LogP contribution in [0.4, 0.5) is 0 Å². The van der Waals surface area contributed by atoms with Gasteiger partial charge < -0.3 is 9.63 Å². The fraction of sp³-hybridized carbons (Fsp3) is 0. The van der Waals surface area contributed by atoms with Crippen LogP contribution in [0.5, 0.6) is 5.75 Å². The van der Waals surface area contributed by atoms with E-state index < -0.39 is 0 Å². The van der Waals surface area contributed by atoms with Gasteiger partial charge in [0.05, 0.1) is 0 Å². The van der Waals surface area contributed by atoms with Crippen LogP contribution in [-0.2, 0) is 0 Å². The minimum Gasteiger partial charge on any atom is -0.508 e. The molecule has 0 atom stereocenters. The molecular formula is C9H6BrNO2. The summed E-state index contributed by atoms with van der Waals surface area (Å²) >= 11 is 3.17. The van der Waals surface area contributed by atoms with Crippen LogP contribution >= 0.6 is 15.9 Å². The highest BCUT2D eigenvalue weighted by Gasteiger charge is 2.03. The van der Waals surface area contributed by atoms with Crippen LogP contribution in [0.25, 0.3) is 11.3 Å². The van der Waals surface area contributed by atoms with Gasteiger partial charge in [-0.1, -0.05) is 5.16 Å². The number of hydrogen-bond donors (Lipinski definition) is 1. The van der Waals surface area contributed by atoms with Crippen molar-refractivity contribution in [1.29, 1.82) is 0 Å². The zero-order valence-corrected chi connectivity index (χ0v) is 8.15. The maximum Gasteiger partial charge on any atom is 0.202 e. The summed E-state index contributed by atoms with van der Waals surface area (Å²) in [5, 5.41) is 12.9. The van der Waals surface area contributed by atoms with E-state index in [1.807, 2.05) is 0 Å². The Hall–Kier alpha value is -1.29. The highest BCUT2D eigenvalue weighted by molar-refractivity contribution is 9.10. The number of aromatic hydroxyl groups is 1. The van der Waals surface area contributed by atoms with Crippen molar-refractivity contribution in [3.63, 3.8) is 0 Å². The molecule has 0 saturated carbocycles. The summed E-state index contributed by atoms with van der Waals surface area (Å²) in [4.78, 5) is 0. The lowest BCUT2D eigenvalue weighted by atomic mass is 10.1. The highest BCUT2D eigenvalue weighted by atomic mass is 79.9. The van der Waals surface area contributed by atoms with Crippen LogP contribution < -0.4 is 0 Å². The normalized spacial score (nSPS) is 10.2. The molecule has 1 aromatic carbocycles. The molecule has 1 aromatic heterocycles. The molecule has 0 spiro atoms. The topological polar surface area (TPSA) is 46.3 Å². The van der Waals surface area contributed by atoms with E-state index in [-0.39, 0.29) is 5.75 Å². The molecule has 0 unspecified atom stereocenters. The van der Waals surface area contributed by atoms with Crippen molar-refractivity contribution in [2.45, 2.75) is 0 Å². The number of halogens is 1. The Bertz CT molecular complexity index is 408. The van der Waals surface area contributed by atoms with Gasteiger partial charge in [-0.05, 0) is 40.2 Å². The molecule has 66 valence electrons. The number of benzene rings is 1. The van der Waals surface area contributed by atoms with E-state index in [2.05, 4.69) is 21.1 Å². The zero-order chi connectivity index (χ0) is 9.26. The molecule has 0 aliphatic heterocycles. The smallest absolute Gasteiger partial charge is 0.202 e. The molecule has 0 amide bonds. The van der Waals surface area contributed by atoms with Crippen LogP contribution in [0.2, 0.25) is 0 Å². The molecule has 1 heterocycles. The van der Waals surface area contributed by atoms with Gasteiger partial charge in [-0.25, -0.2) is 0 Å². The second kappa shape index (κ2) is 3.22. The quantitative estimate of drug-likeness (QED) is 0.833. The van der Waals surface area contributed by atoms with Gasteiger partial charge in [-0.15, -0.1) is 0 Å². The molecule has 4 heteroatoms. The van der Waals surface area contributed by atoms with Crippen molar-refractivity contribution >= 4 is 15.9 Å². The summed E-state index contributed by atoms with van der Waals surface area (Å²) in [6, 6.07) is 8.54. The van der Waals surface area contributed by atoms with E-state index in [0.29, 0.717) is 4.67 Å². The number of nitrogens with zero attached hydrogens (tertiary/aromatic N) is 1. The van der Waals surface area contributed by atoms with Crippen LogP contribution in [0, 0.1) is 0 Å². The molecule has 13 heavy (non-hydrogen) atoms. The first-order chi connectivity index (χ1) is 6.25. The third kappa shape index (κ3) is 1.72. The van der Waals surface area contributed by atoms with Gasteiger partial charge in [-0.3, -0.25) is 0 Å². The summed E-state index contributed by atoms with van der Waals surface area (Å²) in [6.07, 6.45) is 0. The Balaban J connectivity index is 2.41. The van der Waals surface area contributed by atoms with Gasteiger partial charge in [0.1, 0.15) is 11.4 Å². The average Bonchev–Trinajstić information content (AvgIpc) is 2.53. The molecule has 0 fully saturated rings. The lowest BCUT2D eigenvalue weighted by Crippen LogP contribution is -1.74. The SMILES string of the molecule is Oc1ccc(-c2cc(Br)on2)cc1. The van der Waals surface area contributed by atoms with Gasteiger partial charge in [0, 0.05) is 11.6 Å². The van der Waals surface area contributed by atoms with Crippen molar-refractivity contribution < 1.29 is 9.63 Å². The van der Waals surface area contributed by atoms with Gasteiger partial charge in [0.15, 0.2) is 0 Å². The van der Waals surface area contributed by atoms with Gasteiger partial charge >= 0.3 is 0 Å². The Kier molecular flexibility index (Phi) is 2.06. The van der Waals surface area contributed by atoms with E-state index in [4.69, 9.17) is 9.63 Å². The molecule has 0 aliphatic rings. The summed E-state index contributed by atoms with van der Waals surface area (Å²) in [7, 11) is 0.